The monoisotopic (exact) mass is 384 g/mol. The van der Waals surface area contributed by atoms with Crippen molar-refractivity contribution in [3.05, 3.63) is 88.5 Å². The van der Waals surface area contributed by atoms with E-state index in [-0.39, 0.29) is 10.6 Å². The van der Waals surface area contributed by atoms with E-state index < -0.39 is 14.9 Å². The number of anilines is 1. The molecule has 0 aromatic heterocycles. The van der Waals surface area contributed by atoms with Crippen LogP contribution in [-0.2, 0) is 10.0 Å². The summed E-state index contributed by atoms with van der Waals surface area (Å²) in [6.45, 7) is 1.88. The first-order valence-electron chi connectivity index (χ1n) is 7.95. The van der Waals surface area contributed by atoms with Gasteiger partial charge in [-0.3, -0.25) is 14.8 Å². The Bertz CT molecular complexity index is 1040. The van der Waals surface area contributed by atoms with Crippen molar-refractivity contribution in [3.8, 4) is 11.5 Å². The average molecular weight is 384 g/mol. The third-order valence-corrected chi connectivity index (χ3v) is 5.12. The Morgan fingerprint density at radius 1 is 0.852 bits per heavy atom. The van der Waals surface area contributed by atoms with Crippen molar-refractivity contribution in [3.63, 3.8) is 0 Å². The summed E-state index contributed by atoms with van der Waals surface area (Å²) >= 11 is 0. The molecule has 0 heterocycles. The Balaban J connectivity index is 1.69. The van der Waals surface area contributed by atoms with Gasteiger partial charge in [-0.1, -0.05) is 17.7 Å². The molecule has 8 heteroatoms. The zero-order valence-electron chi connectivity index (χ0n) is 14.3. The van der Waals surface area contributed by atoms with Crippen LogP contribution in [0.15, 0.2) is 77.7 Å². The number of benzene rings is 3. The van der Waals surface area contributed by atoms with Crippen molar-refractivity contribution in [1.82, 2.24) is 0 Å². The van der Waals surface area contributed by atoms with E-state index in [0.717, 1.165) is 5.56 Å². The van der Waals surface area contributed by atoms with E-state index in [1.165, 1.54) is 24.3 Å². The molecule has 0 saturated carbocycles. The number of hydrogen-bond acceptors (Lipinski definition) is 5. The zero-order valence-corrected chi connectivity index (χ0v) is 15.1. The molecule has 0 radical (unpaired) electrons. The first-order valence-corrected chi connectivity index (χ1v) is 9.44. The fraction of sp³-hybridized carbons (Fsp3) is 0.0526. The summed E-state index contributed by atoms with van der Waals surface area (Å²) in [6, 6.07) is 18.6. The summed E-state index contributed by atoms with van der Waals surface area (Å²) in [6.07, 6.45) is 0. The van der Waals surface area contributed by atoms with E-state index in [2.05, 4.69) is 4.72 Å². The molecule has 27 heavy (non-hydrogen) atoms. The molecule has 0 aliphatic rings. The molecule has 138 valence electrons. The van der Waals surface area contributed by atoms with E-state index >= 15 is 0 Å². The van der Waals surface area contributed by atoms with Gasteiger partial charge in [-0.25, -0.2) is 8.42 Å². The van der Waals surface area contributed by atoms with Gasteiger partial charge in [0.25, 0.3) is 15.7 Å². The number of nitrogens with zero attached hydrogens (tertiary/aromatic N) is 1. The summed E-state index contributed by atoms with van der Waals surface area (Å²) < 4.78 is 32.9. The SMILES string of the molecule is Cc1ccc(S(=O)(=O)Nc2ccc(Oc3ccc([N+](=O)[O-])cc3)cc2)cc1. The van der Waals surface area contributed by atoms with Crippen molar-refractivity contribution < 1.29 is 18.1 Å². The quantitative estimate of drug-likeness (QED) is 0.498. The highest BCUT2D eigenvalue weighted by atomic mass is 32.2. The molecule has 0 aliphatic carbocycles. The van der Waals surface area contributed by atoms with E-state index in [1.54, 1.807) is 48.5 Å². The smallest absolute Gasteiger partial charge is 0.269 e. The first-order chi connectivity index (χ1) is 12.8. The van der Waals surface area contributed by atoms with Crippen LogP contribution in [0.4, 0.5) is 11.4 Å². The highest BCUT2D eigenvalue weighted by Gasteiger charge is 2.13. The predicted molar refractivity (Wildman–Crippen MR) is 102 cm³/mol. The number of nitro groups is 1. The molecule has 0 fully saturated rings. The van der Waals surface area contributed by atoms with Crippen LogP contribution >= 0.6 is 0 Å². The molecule has 3 rings (SSSR count). The van der Waals surface area contributed by atoms with Crippen LogP contribution in [0.2, 0.25) is 0 Å². The standard InChI is InChI=1S/C19H16N2O5S/c1-14-2-12-19(13-3-14)27(24,25)20-15-4-8-17(9-5-15)26-18-10-6-16(7-11-18)21(22)23/h2-13,20H,1H3. The van der Waals surface area contributed by atoms with Crippen molar-refractivity contribution in [1.29, 1.82) is 0 Å². The topological polar surface area (TPSA) is 98.5 Å². The lowest BCUT2D eigenvalue weighted by atomic mass is 10.2. The van der Waals surface area contributed by atoms with Crippen LogP contribution in [0.1, 0.15) is 5.56 Å². The maximum Gasteiger partial charge on any atom is 0.269 e. The lowest BCUT2D eigenvalue weighted by Crippen LogP contribution is -2.12. The summed E-state index contributed by atoms with van der Waals surface area (Å²) in [5.41, 5.74) is 1.34. The highest BCUT2D eigenvalue weighted by Crippen LogP contribution is 2.26. The molecule has 0 atom stereocenters. The molecular weight excluding hydrogens is 368 g/mol. The summed E-state index contributed by atoms with van der Waals surface area (Å²) in [5.74, 6) is 0.913. The lowest BCUT2D eigenvalue weighted by molar-refractivity contribution is -0.384. The minimum atomic E-state index is -3.67. The third-order valence-electron chi connectivity index (χ3n) is 3.72. The Morgan fingerprint density at radius 3 is 1.89 bits per heavy atom. The summed E-state index contributed by atoms with van der Waals surface area (Å²) in [5, 5.41) is 10.6. The molecule has 0 saturated heterocycles. The second kappa shape index (κ2) is 7.46. The molecule has 3 aromatic rings. The van der Waals surface area contributed by atoms with Gasteiger partial charge in [-0.15, -0.1) is 0 Å². The predicted octanol–water partition coefficient (Wildman–Crippen LogP) is 4.50. The first kappa shape index (κ1) is 18.4. The summed E-state index contributed by atoms with van der Waals surface area (Å²) in [7, 11) is -3.67. The second-order valence-electron chi connectivity index (χ2n) is 5.80. The minimum absolute atomic E-state index is 0.0248. The van der Waals surface area contributed by atoms with Crippen LogP contribution < -0.4 is 9.46 Å². The number of nitrogens with one attached hydrogen (secondary N) is 1. The fourth-order valence-corrected chi connectivity index (χ4v) is 3.35. The van der Waals surface area contributed by atoms with E-state index in [1.807, 2.05) is 6.92 Å². The van der Waals surface area contributed by atoms with Crippen molar-refractivity contribution in [2.75, 3.05) is 4.72 Å². The molecule has 0 amide bonds. The van der Waals surface area contributed by atoms with Crippen LogP contribution in [0.25, 0.3) is 0 Å². The van der Waals surface area contributed by atoms with Gasteiger partial charge in [-0.2, -0.15) is 0 Å². The maximum absolute atomic E-state index is 12.4. The van der Waals surface area contributed by atoms with Crippen molar-refractivity contribution in [2.24, 2.45) is 0 Å². The van der Waals surface area contributed by atoms with Gasteiger partial charge in [0.05, 0.1) is 9.82 Å². The second-order valence-corrected chi connectivity index (χ2v) is 7.48. The van der Waals surface area contributed by atoms with Gasteiger partial charge in [0, 0.05) is 17.8 Å². The fourth-order valence-electron chi connectivity index (χ4n) is 2.29. The highest BCUT2D eigenvalue weighted by molar-refractivity contribution is 7.92. The Labute approximate surface area is 156 Å². The number of sulfonamides is 1. The van der Waals surface area contributed by atoms with Crippen LogP contribution in [-0.4, -0.2) is 13.3 Å². The molecular formula is C19H16N2O5S. The Kier molecular flexibility index (Phi) is 5.09. The van der Waals surface area contributed by atoms with Gasteiger partial charge in [0.2, 0.25) is 0 Å². The van der Waals surface area contributed by atoms with E-state index in [9.17, 15) is 18.5 Å². The van der Waals surface area contributed by atoms with Gasteiger partial charge in [-0.05, 0) is 55.5 Å². The number of hydrogen-bond donors (Lipinski definition) is 1. The van der Waals surface area contributed by atoms with Gasteiger partial charge < -0.3 is 4.74 Å². The van der Waals surface area contributed by atoms with Gasteiger partial charge >= 0.3 is 0 Å². The Hall–Kier alpha value is -3.39. The van der Waals surface area contributed by atoms with E-state index in [4.69, 9.17) is 4.74 Å². The van der Waals surface area contributed by atoms with Crippen molar-refractivity contribution >= 4 is 21.4 Å². The zero-order chi connectivity index (χ0) is 19.4. The number of aryl methyl sites for hydroxylation is 1. The molecule has 3 aromatic carbocycles. The molecule has 0 unspecified atom stereocenters. The molecule has 0 aliphatic heterocycles. The van der Waals surface area contributed by atoms with Crippen molar-refractivity contribution in [2.45, 2.75) is 11.8 Å². The molecule has 7 nitrogen and oxygen atoms in total. The largest absolute Gasteiger partial charge is 0.457 e. The lowest BCUT2D eigenvalue weighted by Gasteiger charge is -2.10. The minimum Gasteiger partial charge on any atom is -0.457 e. The summed E-state index contributed by atoms with van der Waals surface area (Å²) in [4.78, 5) is 10.3. The van der Waals surface area contributed by atoms with Crippen LogP contribution in [0.3, 0.4) is 0 Å². The normalized spacial score (nSPS) is 11.0. The van der Waals surface area contributed by atoms with Crippen LogP contribution in [0.5, 0.6) is 11.5 Å². The number of nitro benzene ring substituents is 1. The molecule has 0 bridgehead atoms. The number of ether oxygens (including phenoxy) is 1. The van der Waals surface area contributed by atoms with Gasteiger partial charge in [0.15, 0.2) is 0 Å². The maximum atomic E-state index is 12.4. The number of non-ortho nitro benzene ring substituents is 1. The Morgan fingerprint density at radius 2 is 1.37 bits per heavy atom. The average Bonchev–Trinajstić information content (AvgIpc) is 2.64. The van der Waals surface area contributed by atoms with E-state index in [0.29, 0.717) is 17.2 Å². The number of rotatable bonds is 6. The molecule has 0 spiro atoms. The van der Waals surface area contributed by atoms with Gasteiger partial charge in [0.1, 0.15) is 11.5 Å². The molecule has 1 N–H and O–H groups in total. The third kappa shape index (κ3) is 4.62. The van der Waals surface area contributed by atoms with Crippen LogP contribution in [0, 0.1) is 17.0 Å².